The summed E-state index contributed by atoms with van der Waals surface area (Å²) < 4.78 is 0. The molecule has 0 N–H and O–H groups in total. The van der Waals surface area contributed by atoms with E-state index in [-0.39, 0.29) is 9.52 Å². The van der Waals surface area contributed by atoms with Crippen molar-refractivity contribution in [2.24, 2.45) is 0 Å². The molecule has 0 rings (SSSR count). The Morgan fingerprint density at radius 3 is 2.60 bits per heavy atom. The molecule has 0 aromatic heterocycles. The second-order valence-electron chi connectivity index (χ2n) is 2.77. The number of hydrogen-bond acceptors (Lipinski definition) is 0. The summed E-state index contributed by atoms with van der Waals surface area (Å²) in [4.78, 5) is 0. The van der Waals surface area contributed by atoms with Gasteiger partial charge in [-0.05, 0) is 6.92 Å². The Bertz CT molecular complexity index is 76.8. The fourth-order valence-corrected chi connectivity index (χ4v) is 2.24. The van der Waals surface area contributed by atoms with Crippen molar-refractivity contribution >= 4 is 9.52 Å². The maximum absolute atomic E-state index is 2.39. The van der Waals surface area contributed by atoms with E-state index in [9.17, 15) is 0 Å². The van der Waals surface area contributed by atoms with Crippen molar-refractivity contribution in [2.45, 2.75) is 45.6 Å². The highest BCUT2D eigenvalue weighted by Crippen LogP contribution is 2.01. The van der Waals surface area contributed by atoms with Crippen LogP contribution in [0.25, 0.3) is 0 Å². The first-order chi connectivity index (χ1) is 4.91. The van der Waals surface area contributed by atoms with Gasteiger partial charge in [-0.3, -0.25) is 0 Å². The zero-order chi connectivity index (χ0) is 7.66. The number of unbranched alkanes of at least 4 members (excludes halogenated alkanes) is 3. The minimum Gasteiger partial charge on any atom is -0.106 e. The molecule has 0 aliphatic carbocycles. The van der Waals surface area contributed by atoms with Gasteiger partial charge in [0, 0.05) is 9.52 Å². The molecule has 0 fully saturated rings. The Labute approximate surface area is 67.5 Å². The summed E-state index contributed by atoms with van der Waals surface area (Å²) in [5.74, 6) is 0. The first kappa shape index (κ1) is 9.96. The van der Waals surface area contributed by atoms with Gasteiger partial charge in [-0.15, -0.1) is 5.70 Å². The molecule has 60 valence electrons. The van der Waals surface area contributed by atoms with Gasteiger partial charge in [0.25, 0.3) is 0 Å². The first-order valence-corrected chi connectivity index (χ1v) is 6.34. The molecular formula is C9H20Si. The maximum atomic E-state index is 2.39. The second kappa shape index (κ2) is 8.96. The van der Waals surface area contributed by atoms with Gasteiger partial charge in [-0.25, -0.2) is 0 Å². The van der Waals surface area contributed by atoms with E-state index in [2.05, 4.69) is 25.6 Å². The molecular weight excluding hydrogens is 136 g/mol. The fraction of sp³-hybridized carbons (Fsp3) is 0.778. The highest BCUT2D eigenvalue weighted by Gasteiger charge is 1.85. The van der Waals surface area contributed by atoms with Gasteiger partial charge in [0.2, 0.25) is 0 Å². The van der Waals surface area contributed by atoms with Crippen molar-refractivity contribution in [3.05, 3.63) is 11.8 Å². The van der Waals surface area contributed by atoms with Crippen LogP contribution in [0.1, 0.15) is 39.5 Å². The molecule has 0 atom stereocenters. The van der Waals surface area contributed by atoms with Crippen LogP contribution in [0, 0.1) is 0 Å². The van der Waals surface area contributed by atoms with E-state index in [1.807, 2.05) is 0 Å². The highest BCUT2D eigenvalue weighted by atomic mass is 28.2. The molecule has 10 heavy (non-hydrogen) atoms. The maximum Gasteiger partial charge on any atom is 0.0449 e. The Hall–Kier alpha value is -0.0431. The minimum atomic E-state index is 0.203. The number of rotatable bonds is 6. The Morgan fingerprint density at radius 1 is 1.20 bits per heavy atom. The summed E-state index contributed by atoms with van der Waals surface area (Å²) in [5.41, 5.74) is 2.39. The number of hydrogen-bond donors (Lipinski definition) is 0. The van der Waals surface area contributed by atoms with Crippen molar-refractivity contribution in [2.75, 3.05) is 0 Å². The molecule has 0 nitrogen and oxygen atoms in total. The van der Waals surface area contributed by atoms with E-state index in [1.54, 1.807) is 0 Å². The average Bonchev–Trinajstić information content (AvgIpc) is 1.97. The molecule has 0 amide bonds. The van der Waals surface area contributed by atoms with Crippen LogP contribution in [-0.2, 0) is 0 Å². The van der Waals surface area contributed by atoms with Crippen LogP contribution in [0.5, 0.6) is 0 Å². The van der Waals surface area contributed by atoms with Gasteiger partial charge in [-0.1, -0.05) is 44.7 Å². The molecule has 0 aromatic rings. The molecule has 0 unspecified atom stereocenters. The van der Waals surface area contributed by atoms with Crippen LogP contribution in [-0.4, -0.2) is 9.52 Å². The van der Waals surface area contributed by atoms with Crippen molar-refractivity contribution in [3.63, 3.8) is 0 Å². The Morgan fingerprint density at radius 2 is 2.00 bits per heavy atom. The van der Waals surface area contributed by atoms with Gasteiger partial charge < -0.3 is 0 Å². The Balaban J connectivity index is 2.77. The van der Waals surface area contributed by atoms with E-state index >= 15 is 0 Å². The van der Waals surface area contributed by atoms with Crippen molar-refractivity contribution in [1.82, 2.24) is 0 Å². The van der Waals surface area contributed by atoms with Gasteiger partial charge in [0.15, 0.2) is 0 Å². The Kier molecular flexibility index (Phi) is 8.92. The second-order valence-corrected chi connectivity index (χ2v) is 4.53. The molecule has 0 saturated heterocycles. The van der Waals surface area contributed by atoms with Crippen LogP contribution < -0.4 is 0 Å². The predicted molar refractivity (Wildman–Crippen MR) is 52.3 cm³/mol. The smallest absolute Gasteiger partial charge is 0.0449 e. The zero-order valence-corrected chi connectivity index (χ0v) is 8.81. The zero-order valence-electron chi connectivity index (χ0n) is 7.40. The molecule has 0 aliphatic heterocycles. The third-order valence-corrected chi connectivity index (χ3v) is 3.42. The van der Waals surface area contributed by atoms with Crippen molar-refractivity contribution < 1.29 is 0 Å². The van der Waals surface area contributed by atoms with E-state index in [4.69, 9.17) is 0 Å². The van der Waals surface area contributed by atoms with Crippen LogP contribution in [0.3, 0.4) is 0 Å². The average molecular weight is 156 g/mol. The van der Waals surface area contributed by atoms with Crippen molar-refractivity contribution in [3.8, 4) is 0 Å². The highest BCUT2D eigenvalue weighted by molar-refractivity contribution is 6.41. The molecule has 0 bridgehead atoms. The molecule has 1 heteroatoms. The fourth-order valence-electron chi connectivity index (χ4n) is 1.03. The van der Waals surface area contributed by atoms with E-state index < -0.39 is 0 Å². The molecule has 0 spiro atoms. The van der Waals surface area contributed by atoms with E-state index in [0.29, 0.717) is 0 Å². The van der Waals surface area contributed by atoms with Crippen LogP contribution >= 0.6 is 0 Å². The van der Waals surface area contributed by atoms with Gasteiger partial charge >= 0.3 is 0 Å². The van der Waals surface area contributed by atoms with E-state index in [0.717, 1.165) is 0 Å². The summed E-state index contributed by atoms with van der Waals surface area (Å²) in [6.07, 6.45) is 7.94. The van der Waals surface area contributed by atoms with Gasteiger partial charge in [-0.2, -0.15) is 0 Å². The van der Waals surface area contributed by atoms with Gasteiger partial charge in [0.05, 0.1) is 0 Å². The summed E-state index contributed by atoms with van der Waals surface area (Å²) >= 11 is 0. The minimum absolute atomic E-state index is 0.203. The lowest BCUT2D eigenvalue weighted by Gasteiger charge is -1.94. The topological polar surface area (TPSA) is 0 Å². The SMILES string of the molecule is CC=C[SiH2]CCCCCC. The van der Waals surface area contributed by atoms with Crippen LogP contribution in [0.15, 0.2) is 11.8 Å². The third-order valence-electron chi connectivity index (χ3n) is 1.71. The van der Waals surface area contributed by atoms with Crippen molar-refractivity contribution in [1.29, 1.82) is 0 Å². The van der Waals surface area contributed by atoms with Gasteiger partial charge in [0.1, 0.15) is 0 Å². The summed E-state index contributed by atoms with van der Waals surface area (Å²) in [7, 11) is 0.203. The molecule has 0 heterocycles. The summed E-state index contributed by atoms with van der Waals surface area (Å²) in [5, 5.41) is 0. The molecule has 0 radical (unpaired) electrons. The lowest BCUT2D eigenvalue weighted by Crippen LogP contribution is -1.83. The van der Waals surface area contributed by atoms with Crippen LogP contribution in [0.2, 0.25) is 6.04 Å². The largest absolute Gasteiger partial charge is 0.106 e. The third kappa shape index (κ3) is 7.96. The molecule has 0 saturated carbocycles. The molecule has 0 aliphatic rings. The quantitative estimate of drug-likeness (QED) is 0.410. The lowest BCUT2D eigenvalue weighted by atomic mass is 10.2. The normalized spacial score (nSPS) is 12.2. The molecule has 0 aromatic carbocycles. The first-order valence-electron chi connectivity index (χ1n) is 4.53. The standard InChI is InChI=1S/C9H20Si/c1-3-5-6-7-9-10-8-4-2/h4,8H,3,5-7,9-10H2,1-2H3. The van der Waals surface area contributed by atoms with E-state index in [1.165, 1.54) is 31.7 Å². The summed E-state index contributed by atoms with van der Waals surface area (Å²) in [6, 6.07) is 1.52. The number of allylic oxidation sites excluding steroid dienone is 1. The summed E-state index contributed by atoms with van der Waals surface area (Å²) in [6.45, 7) is 4.39. The monoisotopic (exact) mass is 156 g/mol. The predicted octanol–water partition coefficient (Wildman–Crippen LogP) is 2.69. The van der Waals surface area contributed by atoms with Crippen LogP contribution in [0.4, 0.5) is 0 Å². The lowest BCUT2D eigenvalue weighted by molar-refractivity contribution is 0.701.